The fourth-order valence-electron chi connectivity index (χ4n) is 2.59. The van der Waals surface area contributed by atoms with Gasteiger partial charge in [-0.1, -0.05) is 39.5 Å². The van der Waals surface area contributed by atoms with Crippen molar-refractivity contribution in [1.29, 1.82) is 0 Å². The van der Waals surface area contributed by atoms with Gasteiger partial charge in [0.2, 0.25) is 5.91 Å². The van der Waals surface area contributed by atoms with Gasteiger partial charge in [0, 0.05) is 13.2 Å². The van der Waals surface area contributed by atoms with E-state index in [1.54, 1.807) is 0 Å². The first-order chi connectivity index (χ1) is 9.44. The minimum Gasteiger partial charge on any atom is -0.396 e. The molecule has 4 nitrogen and oxygen atoms in total. The lowest BCUT2D eigenvalue weighted by Gasteiger charge is -2.26. The number of rotatable bonds is 7. The molecule has 2 N–H and O–H groups in total. The molecule has 1 amide bonds. The van der Waals surface area contributed by atoms with Crippen molar-refractivity contribution in [3.8, 4) is 0 Å². The zero-order valence-corrected chi connectivity index (χ0v) is 13.3. The molecule has 1 unspecified atom stereocenters. The van der Waals surface area contributed by atoms with Crippen LogP contribution in [0.25, 0.3) is 0 Å². The number of amides is 1. The quantitative estimate of drug-likeness (QED) is 0.707. The van der Waals surface area contributed by atoms with Gasteiger partial charge in [-0.15, -0.1) is 0 Å². The van der Waals surface area contributed by atoms with Crippen LogP contribution in [0.15, 0.2) is 0 Å². The average Bonchev–Trinajstić information content (AvgIpc) is 2.64. The van der Waals surface area contributed by atoms with Gasteiger partial charge in [-0.25, -0.2) is 0 Å². The van der Waals surface area contributed by atoms with Crippen LogP contribution in [0.5, 0.6) is 0 Å². The summed E-state index contributed by atoms with van der Waals surface area (Å²) in [6.45, 7) is 6.64. The Morgan fingerprint density at radius 3 is 2.45 bits per heavy atom. The van der Waals surface area contributed by atoms with Crippen molar-refractivity contribution < 1.29 is 14.6 Å². The Morgan fingerprint density at radius 1 is 1.30 bits per heavy atom. The summed E-state index contributed by atoms with van der Waals surface area (Å²) >= 11 is 0. The fourth-order valence-corrected chi connectivity index (χ4v) is 2.59. The number of hydrogen-bond acceptors (Lipinski definition) is 3. The lowest BCUT2D eigenvalue weighted by molar-refractivity contribution is -0.136. The van der Waals surface area contributed by atoms with Crippen LogP contribution in [0.2, 0.25) is 0 Å². The first-order valence-electron chi connectivity index (χ1n) is 7.98. The number of aliphatic hydroxyl groups is 1. The number of carbonyl (C=O) groups excluding carboxylic acids is 1. The van der Waals surface area contributed by atoms with Crippen LogP contribution in [-0.4, -0.2) is 36.4 Å². The van der Waals surface area contributed by atoms with E-state index in [0.29, 0.717) is 13.0 Å². The molecule has 20 heavy (non-hydrogen) atoms. The minimum absolute atomic E-state index is 0.0414. The highest BCUT2D eigenvalue weighted by molar-refractivity contribution is 5.80. The van der Waals surface area contributed by atoms with E-state index in [9.17, 15) is 4.79 Å². The monoisotopic (exact) mass is 285 g/mol. The van der Waals surface area contributed by atoms with Crippen molar-refractivity contribution in [2.24, 2.45) is 5.41 Å². The maximum atomic E-state index is 12.1. The van der Waals surface area contributed by atoms with Crippen molar-refractivity contribution in [2.45, 2.75) is 77.9 Å². The smallest absolute Gasteiger partial charge is 0.248 e. The van der Waals surface area contributed by atoms with Crippen molar-refractivity contribution >= 4 is 5.91 Å². The SMILES string of the molecule is CC(OC1CCCCCC1)C(=O)NCC(C)(C)CCO. The molecule has 0 heterocycles. The highest BCUT2D eigenvalue weighted by atomic mass is 16.5. The molecule has 0 aromatic carbocycles. The third-order valence-electron chi connectivity index (χ3n) is 4.10. The molecular formula is C16H31NO3. The van der Waals surface area contributed by atoms with E-state index in [2.05, 4.69) is 5.32 Å². The third-order valence-corrected chi connectivity index (χ3v) is 4.10. The number of nitrogens with one attached hydrogen (secondary N) is 1. The van der Waals surface area contributed by atoms with Crippen LogP contribution in [0.4, 0.5) is 0 Å². The van der Waals surface area contributed by atoms with E-state index < -0.39 is 0 Å². The van der Waals surface area contributed by atoms with Crippen LogP contribution < -0.4 is 5.32 Å². The average molecular weight is 285 g/mol. The van der Waals surface area contributed by atoms with Crippen molar-refractivity contribution in [1.82, 2.24) is 5.32 Å². The molecule has 0 saturated heterocycles. The van der Waals surface area contributed by atoms with Gasteiger partial charge in [0.25, 0.3) is 0 Å². The number of ether oxygens (including phenoxy) is 1. The van der Waals surface area contributed by atoms with Gasteiger partial charge < -0.3 is 15.2 Å². The molecule has 1 aliphatic carbocycles. The molecule has 1 saturated carbocycles. The Balaban J connectivity index is 2.31. The van der Waals surface area contributed by atoms with Crippen LogP contribution >= 0.6 is 0 Å². The van der Waals surface area contributed by atoms with Crippen molar-refractivity contribution in [3.05, 3.63) is 0 Å². The first-order valence-corrected chi connectivity index (χ1v) is 7.98. The zero-order valence-electron chi connectivity index (χ0n) is 13.3. The molecule has 0 aliphatic heterocycles. The highest BCUT2D eigenvalue weighted by Crippen LogP contribution is 2.21. The second-order valence-electron chi connectivity index (χ2n) is 6.75. The van der Waals surface area contributed by atoms with Crippen molar-refractivity contribution in [3.63, 3.8) is 0 Å². The van der Waals surface area contributed by atoms with Gasteiger partial charge in [0.1, 0.15) is 6.10 Å². The van der Waals surface area contributed by atoms with E-state index in [1.807, 2.05) is 20.8 Å². The molecule has 0 spiro atoms. The summed E-state index contributed by atoms with van der Waals surface area (Å²) < 4.78 is 5.90. The Hall–Kier alpha value is -0.610. The molecule has 4 heteroatoms. The standard InChI is InChI=1S/C16H31NO3/c1-13(20-14-8-6-4-5-7-9-14)15(19)17-12-16(2,3)10-11-18/h13-14,18H,4-12H2,1-3H3,(H,17,19). The molecule has 1 rings (SSSR count). The highest BCUT2D eigenvalue weighted by Gasteiger charge is 2.23. The minimum atomic E-state index is -0.386. The van der Waals surface area contributed by atoms with E-state index in [-0.39, 0.29) is 30.1 Å². The van der Waals surface area contributed by atoms with E-state index >= 15 is 0 Å². The van der Waals surface area contributed by atoms with Crippen LogP contribution in [-0.2, 0) is 9.53 Å². The number of carbonyl (C=O) groups is 1. The summed E-state index contributed by atoms with van der Waals surface area (Å²) in [4.78, 5) is 12.1. The number of hydrogen-bond donors (Lipinski definition) is 2. The summed E-state index contributed by atoms with van der Waals surface area (Å²) in [5.74, 6) is -0.0414. The normalized spacial score (nSPS) is 19.4. The molecule has 0 aromatic rings. The first kappa shape index (κ1) is 17.4. The van der Waals surface area contributed by atoms with E-state index in [4.69, 9.17) is 9.84 Å². The maximum Gasteiger partial charge on any atom is 0.248 e. The summed E-state index contributed by atoms with van der Waals surface area (Å²) in [7, 11) is 0. The topological polar surface area (TPSA) is 58.6 Å². The Labute approximate surface area is 123 Å². The van der Waals surface area contributed by atoms with Gasteiger partial charge in [-0.3, -0.25) is 4.79 Å². The van der Waals surface area contributed by atoms with Crippen LogP contribution in [0.3, 0.4) is 0 Å². The second kappa shape index (κ2) is 8.63. The van der Waals surface area contributed by atoms with Gasteiger partial charge in [-0.2, -0.15) is 0 Å². The van der Waals surface area contributed by atoms with E-state index in [1.165, 1.54) is 25.7 Å². The largest absolute Gasteiger partial charge is 0.396 e. The second-order valence-corrected chi connectivity index (χ2v) is 6.75. The molecule has 1 aliphatic rings. The van der Waals surface area contributed by atoms with Crippen LogP contribution in [0, 0.1) is 5.41 Å². The van der Waals surface area contributed by atoms with Gasteiger partial charge in [0.15, 0.2) is 0 Å². The number of aliphatic hydroxyl groups excluding tert-OH is 1. The third kappa shape index (κ3) is 6.71. The Bertz CT molecular complexity index is 283. The lowest BCUT2D eigenvalue weighted by atomic mass is 9.90. The molecule has 1 atom stereocenters. The molecule has 0 bridgehead atoms. The summed E-state index contributed by atoms with van der Waals surface area (Å²) in [5, 5.41) is 11.9. The Morgan fingerprint density at radius 2 is 1.90 bits per heavy atom. The van der Waals surface area contributed by atoms with Gasteiger partial charge >= 0.3 is 0 Å². The maximum absolute atomic E-state index is 12.1. The van der Waals surface area contributed by atoms with Gasteiger partial charge in [0.05, 0.1) is 6.10 Å². The van der Waals surface area contributed by atoms with E-state index in [0.717, 1.165) is 12.8 Å². The predicted molar refractivity (Wildman–Crippen MR) is 80.5 cm³/mol. The lowest BCUT2D eigenvalue weighted by Crippen LogP contribution is -2.41. The molecule has 0 aromatic heterocycles. The molecule has 118 valence electrons. The molecule has 0 radical (unpaired) electrons. The predicted octanol–water partition coefficient (Wildman–Crippen LogP) is 2.64. The fraction of sp³-hybridized carbons (Fsp3) is 0.938. The Kier molecular flexibility index (Phi) is 7.52. The molecule has 1 fully saturated rings. The summed E-state index contributed by atoms with van der Waals surface area (Å²) in [6, 6.07) is 0. The summed E-state index contributed by atoms with van der Waals surface area (Å²) in [5.41, 5.74) is -0.0769. The summed E-state index contributed by atoms with van der Waals surface area (Å²) in [6.07, 6.45) is 7.69. The van der Waals surface area contributed by atoms with Crippen molar-refractivity contribution in [2.75, 3.05) is 13.2 Å². The van der Waals surface area contributed by atoms with Gasteiger partial charge in [-0.05, 0) is 31.6 Å². The van der Waals surface area contributed by atoms with Crippen LogP contribution in [0.1, 0.15) is 65.7 Å². The zero-order chi connectivity index (χ0) is 15.0. The molecular weight excluding hydrogens is 254 g/mol.